The van der Waals surface area contributed by atoms with Crippen molar-refractivity contribution in [3.63, 3.8) is 0 Å². The standard InChI is InChI=1S/C24H37NO2S.CH2O2/c1-5-8-11-19(12-9-6-2)24(27)25(20-13-15-21(26)16-14-20)23-17-22(10-7-3)28-18(23)4;2-1-3/h17,19-21,26H,5-6,8-9,11-16H2,1-4H3;1H,(H,2,3). The van der Waals surface area contributed by atoms with Crippen LogP contribution in [0.5, 0.6) is 0 Å². The molecule has 1 aliphatic carbocycles. The highest BCUT2D eigenvalue weighted by molar-refractivity contribution is 7.13. The van der Waals surface area contributed by atoms with Gasteiger partial charge in [0.15, 0.2) is 0 Å². The molecule has 1 heterocycles. The maximum Gasteiger partial charge on any atom is 0.290 e. The predicted octanol–water partition coefficient (Wildman–Crippen LogP) is 5.76. The number of aliphatic hydroxyl groups is 1. The van der Waals surface area contributed by atoms with Crippen LogP contribution in [0.3, 0.4) is 0 Å². The molecule has 1 aromatic rings. The highest BCUT2D eigenvalue weighted by atomic mass is 32.1. The van der Waals surface area contributed by atoms with Crippen molar-refractivity contribution in [3.8, 4) is 11.8 Å². The Morgan fingerprint density at radius 1 is 1.23 bits per heavy atom. The molecule has 0 saturated heterocycles. The van der Waals surface area contributed by atoms with Crippen LogP contribution in [-0.2, 0) is 9.59 Å². The number of rotatable bonds is 9. The Morgan fingerprint density at radius 2 is 1.77 bits per heavy atom. The monoisotopic (exact) mass is 449 g/mol. The van der Waals surface area contributed by atoms with Gasteiger partial charge in [0.05, 0.1) is 16.7 Å². The van der Waals surface area contributed by atoms with E-state index in [0.29, 0.717) is 5.91 Å². The summed E-state index contributed by atoms with van der Waals surface area (Å²) in [5, 5.41) is 16.9. The molecule has 1 amide bonds. The van der Waals surface area contributed by atoms with Crippen LogP contribution in [0, 0.1) is 24.7 Å². The summed E-state index contributed by atoms with van der Waals surface area (Å²) >= 11 is 1.68. The Balaban J connectivity index is 0.00000151. The normalized spacial score (nSPS) is 17.9. The summed E-state index contributed by atoms with van der Waals surface area (Å²) in [6, 6.07) is 2.30. The zero-order chi connectivity index (χ0) is 23.2. The van der Waals surface area contributed by atoms with E-state index in [1.165, 1.54) is 4.88 Å². The van der Waals surface area contributed by atoms with E-state index >= 15 is 0 Å². The van der Waals surface area contributed by atoms with Gasteiger partial charge in [-0.15, -0.1) is 17.3 Å². The fraction of sp³-hybridized carbons (Fsp3) is 0.680. The van der Waals surface area contributed by atoms with E-state index in [-0.39, 0.29) is 24.5 Å². The van der Waals surface area contributed by atoms with Gasteiger partial charge in [-0.1, -0.05) is 45.5 Å². The fourth-order valence-electron chi connectivity index (χ4n) is 4.20. The molecule has 174 valence electrons. The van der Waals surface area contributed by atoms with Crippen LogP contribution in [0.1, 0.15) is 94.7 Å². The summed E-state index contributed by atoms with van der Waals surface area (Å²) < 4.78 is 0. The van der Waals surface area contributed by atoms with Crippen molar-refractivity contribution in [2.75, 3.05) is 4.90 Å². The third-order valence-corrected chi connectivity index (χ3v) is 6.78. The van der Waals surface area contributed by atoms with Crippen molar-refractivity contribution < 1.29 is 19.8 Å². The second kappa shape index (κ2) is 15.0. The lowest BCUT2D eigenvalue weighted by Crippen LogP contribution is -2.46. The molecular weight excluding hydrogens is 410 g/mol. The number of carbonyl (C=O) groups excluding carboxylic acids is 1. The van der Waals surface area contributed by atoms with Crippen LogP contribution in [0.4, 0.5) is 5.69 Å². The van der Waals surface area contributed by atoms with Gasteiger partial charge in [-0.2, -0.15) is 0 Å². The number of carbonyl (C=O) groups is 2. The minimum atomic E-state index is -0.250. The molecule has 2 rings (SSSR count). The van der Waals surface area contributed by atoms with Crippen molar-refractivity contribution in [1.82, 2.24) is 0 Å². The topological polar surface area (TPSA) is 77.8 Å². The summed E-state index contributed by atoms with van der Waals surface area (Å²) in [7, 11) is 0. The molecule has 31 heavy (non-hydrogen) atoms. The van der Waals surface area contributed by atoms with Crippen molar-refractivity contribution in [2.24, 2.45) is 5.92 Å². The van der Waals surface area contributed by atoms with Crippen molar-refractivity contribution in [3.05, 3.63) is 15.8 Å². The summed E-state index contributed by atoms with van der Waals surface area (Å²) in [5.41, 5.74) is 1.05. The number of nitrogens with zero attached hydrogens (tertiary/aromatic N) is 1. The largest absolute Gasteiger partial charge is 0.483 e. The highest BCUT2D eigenvalue weighted by Gasteiger charge is 2.34. The minimum Gasteiger partial charge on any atom is -0.483 e. The number of thiophene rings is 1. The average Bonchev–Trinajstić information content (AvgIpc) is 3.10. The number of amides is 1. The second-order valence-corrected chi connectivity index (χ2v) is 9.44. The molecule has 0 bridgehead atoms. The molecule has 0 spiro atoms. The Morgan fingerprint density at radius 3 is 2.26 bits per heavy atom. The van der Waals surface area contributed by atoms with Gasteiger partial charge in [-0.05, 0) is 58.4 Å². The number of anilines is 1. The third kappa shape index (κ3) is 8.66. The first-order chi connectivity index (χ1) is 14.9. The summed E-state index contributed by atoms with van der Waals surface area (Å²) in [6.07, 6.45) is 9.53. The van der Waals surface area contributed by atoms with Crippen molar-refractivity contribution in [2.45, 2.75) is 104 Å². The van der Waals surface area contributed by atoms with Crippen LogP contribution < -0.4 is 4.90 Å². The lowest BCUT2D eigenvalue weighted by molar-refractivity contribution is -0.124. The third-order valence-electron chi connectivity index (χ3n) is 5.83. The molecule has 0 aromatic carbocycles. The number of hydrogen-bond acceptors (Lipinski definition) is 4. The number of aliphatic hydroxyl groups excluding tert-OH is 1. The Bertz CT molecular complexity index is 718. The molecule has 0 radical (unpaired) electrons. The molecular formula is C25H39NO4S. The smallest absolute Gasteiger partial charge is 0.290 e. The van der Waals surface area contributed by atoms with E-state index in [2.05, 4.69) is 43.6 Å². The van der Waals surface area contributed by atoms with Crippen LogP contribution in [0.25, 0.3) is 0 Å². The van der Waals surface area contributed by atoms with E-state index in [1.807, 2.05) is 6.92 Å². The van der Waals surface area contributed by atoms with E-state index in [9.17, 15) is 9.90 Å². The number of hydrogen-bond donors (Lipinski definition) is 2. The zero-order valence-corrected chi connectivity index (χ0v) is 20.3. The van der Waals surface area contributed by atoms with Crippen LogP contribution in [-0.4, -0.2) is 34.7 Å². The second-order valence-electron chi connectivity index (χ2n) is 8.18. The molecule has 1 aliphatic rings. The fourth-order valence-corrected chi connectivity index (χ4v) is 5.11. The minimum absolute atomic E-state index is 0.103. The highest BCUT2D eigenvalue weighted by Crippen LogP contribution is 2.36. The maximum absolute atomic E-state index is 13.8. The molecule has 0 aliphatic heterocycles. The summed E-state index contributed by atoms with van der Waals surface area (Å²) in [4.78, 5) is 26.5. The van der Waals surface area contributed by atoms with Gasteiger partial charge >= 0.3 is 0 Å². The van der Waals surface area contributed by atoms with E-state index in [1.54, 1.807) is 11.3 Å². The van der Waals surface area contributed by atoms with Gasteiger partial charge in [0.2, 0.25) is 5.91 Å². The molecule has 0 unspecified atom stereocenters. The van der Waals surface area contributed by atoms with Gasteiger partial charge in [0.1, 0.15) is 0 Å². The molecule has 2 N–H and O–H groups in total. The van der Waals surface area contributed by atoms with E-state index in [0.717, 1.165) is 74.8 Å². The first-order valence-electron chi connectivity index (χ1n) is 11.5. The Labute approximate surface area is 191 Å². The molecule has 6 heteroatoms. The molecule has 0 atom stereocenters. The number of aryl methyl sites for hydroxylation is 1. The zero-order valence-electron chi connectivity index (χ0n) is 19.5. The average molecular weight is 450 g/mol. The number of carboxylic acid groups (broad SMARTS) is 1. The predicted molar refractivity (Wildman–Crippen MR) is 129 cm³/mol. The van der Waals surface area contributed by atoms with Gasteiger partial charge in [0.25, 0.3) is 6.47 Å². The van der Waals surface area contributed by atoms with Crippen molar-refractivity contribution in [1.29, 1.82) is 0 Å². The van der Waals surface area contributed by atoms with Crippen LogP contribution >= 0.6 is 11.3 Å². The molecule has 1 fully saturated rings. The SMILES string of the molecule is CC#Cc1cc(N(C(=O)C(CCCC)CCCC)C2CCC(O)CC2)c(C)s1.O=CO. The van der Waals surface area contributed by atoms with E-state index < -0.39 is 0 Å². The van der Waals surface area contributed by atoms with Gasteiger partial charge < -0.3 is 15.1 Å². The molecule has 5 nitrogen and oxygen atoms in total. The molecule has 1 saturated carbocycles. The van der Waals surface area contributed by atoms with Crippen LogP contribution in [0.15, 0.2) is 6.07 Å². The maximum atomic E-state index is 13.8. The Kier molecular flexibility index (Phi) is 13.2. The van der Waals surface area contributed by atoms with Gasteiger partial charge in [-0.25, -0.2) is 0 Å². The lowest BCUT2D eigenvalue weighted by Gasteiger charge is -2.38. The van der Waals surface area contributed by atoms with Crippen LogP contribution in [0.2, 0.25) is 0 Å². The van der Waals surface area contributed by atoms with E-state index in [4.69, 9.17) is 9.90 Å². The summed E-state index contributed by atoms with van der Waals surface area (Å²) in [5.74, 6) is 6.54. The molecule has 1 aromatic heterocycles. The number of unbranched alkanes of at least 4 members (excludes halogenated alkanes) is 2. The summed E-state index contributed by atoms with van der Waals surface area (Å²) in [6.45, 7) is 8.10. The Hall–Kier alpha value is -1.84. The quantitative estimate of drug-likeness (QED) is 0.371. The van der Waals surface area contributed by atoms with Gasteiger partial charge in [0, 0.05) is 16.8 Å². The first kappa shape index (κ1) is 27.2. The van der Waals surface area contributed by atoms with Gasteiger partial charge in [-0.3, -0.25) is 9.59 Å². The van der Waals surface area contributed by atoms with Crippen molar-refractivity contribution >= 4 is 29.4 Å². The first-order valence-corrected chi connectivity index (χ1v) is 12.4. The lowest BCUT2D eigenvalue weighted by atomic mass is 9.89.